The van der Waals surface area contributed by atoms with Crippen LogP contribution in [0.4, 0.5) is 0 Å². The third-order valence-electron chi connectivity index (χ3n) is 2.36. The van der Waals surface area contributed by atoms with Crippen molar-refractivity contribution in [3.8, 4) is 0 Å². The van der Waals surface area contributed by atoms with Gasteiger partial charge < -0.3 is 0 Å². The Bertz CT molecular complexity index is 317. The van der Waals surface area contributed by atoms with Gasteiger partial charge in [-0.05, 0) is 26.4 Å². The second-order valence-corrected chi connectivity index (χ2v) is 3.20. The molecular formula is C9H18N4O. The summed E-state index contributed by atoms with van der Waals surface area (Å²) < 4.78 is 0. The van der Waals surface area contributed by atoms with E-state index in [1.165, 1.54) is 6.42 Å². The minimum atomic E-state index is -0.217. The average molecular weight is 198 g/mol. The van der Waals surface area contributed by atoms with E-state index in [1.807, 2.05) is 20.9 Å². The average Bonchev–Trinajstić information content (AvgIpc) is 2.78. The summed E-state index contributed by atoms with van der Waals surface area (Å²) in [5.41, 5.74) is -0.217. The van der Waals surface area contributed by atoms with Gasteiger partial charge in [-0.1, -0.05) is 13.8 Å². The lowest BCUT2D eigenvalue weighted by molar-refractivity contribution is 0.306. The zero-order valence-corrected chi connectivity index (χ0v) is 9.00. The fourth-order valence-corrected chi connectivity index (χ4v) is 1.70. The Morgan fingerprint density at radius 3 is 2.64 bits per heavy atom. The van der Waals surface area contributed by atoms with E-state index in [0.29, 0.717) is 6.04 Å². The molecule has 1 unspecified atom stereocenters. The number of H-pyrrole nitrogens is 2. The van der Waals surface area contributed by atoms with Gasteiger partial charge in [0.25, 0.3) is 0 Å². The summed E-state index contributed by atoms with van der Waals surface area (Å²) in [6.45, 7) is 5.08. The van der Waals surface area contributed by atoms with Crippen LogP contribution in [0.15, 0.2) is 4.79 Å². The molecule has 0 aromatic carbocycles. The number of likely N-dealkylation sites (tertiary alicyclic amines) is 1. The highest BCUT2D eigenvalue weighted by Gasteiger charge is 2.24. The zero-order chi connectivity index (χ0) is 10.6. The van der Waals surface area contributed by atoms with E-state index in [2.05, 4.69) is 20.1 Å². The summed E-state index contributed by atoms with van der Waals surface area (Å²) >= 11 is 0. The summed E-state index contributed by atoms with van der Waals surface area (Å²) in [7, 11) is 2.05. The molecule has 0 spiro atoms. The molecule has 0 saturated carbocycles. The van der Waals surface area contributed by atoms with Crippen molar-refractivity contribution in [3.05, 3.63) is 16.3 Å². The van der Waals surface area contributed by atoms with Gasteiger partial charge in [0.1, 0.15) is 5.82 Å². The minimum absolute atomic E-state index is 0.217. The first kappa shape index (κ1) is 11.0. The third-order valence-corrected chi connectivity index (χ3v) is 2.36. The number of rotatable bonds is 1. The van der Waals surface area contributed by atoms with Gasteiger partial charge >= 0.3 is 5.69 Å². The molecule has 1 aromatic rings. The van der Waals surface area contributed by atoms with Crippen LogP contribution in [0.2, 0.25) is 0 Å². The Labute approximate surface area is 83.5 Å². The van der Waals surface area contributed by atoms with Gasteiger partial charge in [0.15, 0.2) is 0 Å². The smallest absolute Gasteiger partial charge is 0.296 e. The van der Waals surface area contributed by atoms with E-state index < -0.39 is 0 Å². The summed E-state index contributed by atoms with van der Waals surface area (Å²) in [6.07, 6.45) is 2.26. The van der Waals surface area contributed by atoms with Gasteiger partial charge in [0, 0.05) is 0 Å². The van der Waals surface area contributed by atoms with Crippen molar-refractivity contribution >= 4 is 0 Å². The normalized spacial score (nSPS) is 21.8. The molecule has 5 nitrogen and oxygen atoms in total. The van der Waals surface area contributed by atoms with E-state index in [0.717, 1.165) is 18.8 Å². The van der Waals surface area contributed by atoms with E-state index in [9.17, 15) is 4.79 Å². The number of hydrogen-bond donors (Lipinski definition) is 2. The van der Waals surface area contributed by atoms with Crippen molar-refractivity contribution in [3.63, 3.8) is 0 Å². The second kappa shape index (κ2) is 4.95. The Balaban J connectivity index is 0.000000461. The molecule has 0 amide bonds. The van der Waals surface area contributed by atoms with E-state index >= 15 is 0 Å². The molecular weight excluding hydrogens is 180 g/mol. The lowest BCUT2D eigenvalue weighted by Gasteiger charge is -2.15. The number of nitrogens with one attached hydrogen (secondary N) is 2. The van der Waals surface area contributed by atoms with Crippen LogP contribution in [0.5, 0.6) is 0 Å². The van der Waals surface area contributed by atoms with Crippen molar-refractivity contribution in [2.45, 2.75) is 32.7 Å². The third kappa shape index (κ3) is 2.23. The molecule has 0 radical (unpaired) electrons. The standard InChI is InChI=1S/C7H12N4O.C2H6/c1-11-4-2-3-5(11)6-8-7(12)10-9-6;1-2/h5H,2-4H2,1H3,(H2,8,9,10,12);1-2H3. The first-order valence-electron chi connectivity index (χ1n) is 5.12. The number of hydrogen-bond acceptors (Lipinski definition) is 3. The minimum Gasteiger partial charge on any atom is -0.296 e. The fourth-order valence-electron chi connectivity index (χ4n) is 1.70. The van der Waals surface area contributed by atoms with Gasteiger partial charge in [-0.2, -0.15) is 5.10 Å². The highest BCUT2D eigenvalue weighted by Crippen LogP contribution is 2.26. The molecule has 0 aliphatic carbocycles. The van der Waals surface area contributed by atoms with Crippen LogP contribution >= 0.6 is 0 Å². The van der Waals surface area contributed by atoms with Crippen LogP contribution in [-0.2, 0) is 0 Å². The molecule has 14 heavy (non-hydrogen) atoms. The van der Waals surface area contributed by atoms with Crippen molar-refractivity contribution in [1.82, 2.24) is 20.1 Å². The summed E-state index contributed by atoms with van der Waals surface area (Å²) in [6, 6.07) is 0.295. The monoisotopic (exact) mass is 198 g/mol. The highest BCUT2D eigenvalue weighted by atomic mass is 16.1. The first-order valence-corrected chi connectivity index (χ1v) is 5.12. The SMILES string of the molecule is CC.CN1CCCC1c1n[nH]c(=O)[nH]1. The molecule has 1 aromatic heterocycles. The lowest BCUT2D eigenvalue weighted by Crippen LogP contribution is -2.19. The molecule has 1 aliphatic rings. The largest absolute Gasteiger partial charge is 0.340 e. The molecule has 2 N–H and O–H groups in total. The number of aromatic amines is 2. The maximum absolute atomic E-state index is 10.8. The van der Waals surface area contributed by atoms with Crippen molar-refractivity contribution in [1.29, 1.82) is 0 Å². The van der Waals surface area contributed by atoms with Crippen molar-refractivity contribution in [2.24, 2.45) is 0 Å². The molecule has 80 valence electrons. The van der Waals surface area contributed by atoms with Crippen molar-refractivity contribution < 1.29 is 0 Å². The number of aromatic nitrogens is 3. The van der Waals surface area contributed by atoms with Crippen molar-refractivity contribution in [2.75, 3.05) is 13.6 Å². The number of nitrogens with zero attached hydrogens (tertiary/aromatic N) is 2. The van der Waals surface area contributed by atoms with E-state index in [4.69, 9.17) is 0 Å². The Kier molecular flexibility index (Phi) is 3.88. The predicted molar refractivity (Wildman–Crippen MR) is 55.2 cm³/mol. The van der Waals surface area contributed by atoms with Crippen LogP contribution in [0.3, 0.4) is 0 Å². The summed E-state index contributed by atoms with van der Waals surface area (Å²) in [5, 5.41) is 6.29. The van der Waals surface area contributed by atoms with Gasteiger partial charge in [-0.25, -0.2) is 9.89 Å². The molecule has 1 saturated heterocycles. The lowest BCUT2D eigenvalue weighted by atomic mass is 10.2. The highest BCUT2D eigenvalue weighted by molar-refractivity contribution is 4.94. The maximum atomic E-state index is 10.8. The molecule has 2 heterocycles. The van der Waals surface area contributed by atoms with Crippen LogP contribution in [0, 0.1) is 0 Å². The van der Waals surface area contributed by atoms with Crippen LogP contribution in [0.25, 0.3) is 0 Å². The molecule has 1 aliphatic heterocycles. The molecule has 1 fully saturated rings. The zero-order valence-electron chi connectivity index (χ0n) is 9.00. The van der Waals surface area contributed by atoms with Gasteiger partial charge in [-0.3, -0.25) is 9.88 Å². The predicted octanol–water partition coefficient (Wildman–Crippen LogP) is 0.891. The molecule has 1 atom stereocenters. The van der Waals surface area contributed by atoms with Gasteiger partial charge in [0.05, 0.1) is 6.04 Å². The molecule has 5 heteroatoms. The van der Waals surface area contributed by atoms with Gasteiger partial charge in [-0.15, -0.1) is 0 Å². The van der Waals surface area contributed by atoms with Gasteiger partial charge in [0.2, 0.25) is 0 Å². The Morgan fingerprint density at radius 1 is 1.50 bits per heavy atom. The van der Waals surface area contributed by atoms with Crippen LogP contribution in [0.1, 0.15) is 38.6 Å². The second-order valence-electron chi connectivity index (χ2n) is 3.20. The Hall–Kier alpha value is -1.10. The van der Waals surface area contributed by atoms with Crippen LogP contribution < -0.4 is 5.69 Å². The first-order chi connectivity index (χ1) is 6.77. The maximum Gasteiger partial charge on any atom is 0.340 e. The molecule has 0 bridgehead atoms. The summed E-state index contributed by atoms with van der Waals surface area (Å²) in [5.74, 6) is 0.764. The van der Waals surface area contributed by atoms with E-state index in [-0.39, 0.29) is 5.69 Å². The fraction of sp³-hybridized carbons (Fsp3) is 0.778. The van der Waals surface area contributed by atoms with Crippen LogP contribution in [-0.4, -0.2) is 33.7 Å². The molecule has 2 rings (SSSR count). The van der Waals surface area contributed by atoms with E-state index in [1.54, 1.807) is 0 Å². The summed E-state index contributed by atoms with van der Waals surface area (Å²) in [4.78, 5) is 15.6. The topological polar surface area (TPSA) is 64.8 Å². The quantitative estimate of drug-likeness (QED) is 0.704. The Morgan fingerprint density at radius 2 is 2.21 bits per heavy atom.